The Morgan fingerprint density at radius 3 is 2.78 bits per heavy atom. The van der Waals surface area contributed by atoms with Gasteiger partial charge in [0, 0.05) is 23.0 Å². The van der Waals surface area contributed by atoms with E-state index in [1.807, 2.05) is 26.0 Å². The highest BCUT2D eigenvalue weighted by Crippen LogP contribution is 2.29. The van der Waals surface area contributed by atoms with Crippen LogP contribution in [0.4, 0.5) is 0 Å². The number of aryl methyl sites for hydroxylation is 2. The molecule has 0 aromatic carbocycles. The Kier molecular flexibility index (Phi) is 3.62. The van der Waals surface area contributed by atoms with Crippen LogP contribution in [0.3, 0.4) is 0 Å². The van der Waals surface area contributed by atoms with Crippen molar-refractivity contribution in [2.45, 2.75) is 23.8 Å². The fourth-order valence-electron chi connectivity index (χ4n) is 1.60. The first-order chi connectivity index (χ1) is 8.56. The minimum absolute atomic E-state index is 0.198. The molecule has 2 heterocycles. The summed E-state index contributed by atoms with van der Waals surface area (Å²) in [5.41, 5.74) is 2.22. The van der Waals surface area contributed by atoms with Crippen LogP contribution in [0.1, 0.15) is 21.6 Å². The van der Waals surface area contributed by atoms with Gasteiger partial charge < -0.3 is 5.11 Å². The monoisotopic (exact) mass is 260 g/mol. The summed E-state index contributed by atoms with van der Waals surface area (Å²) in [5, 5.41) is 9.87. The van der Waals surface area contributed by atoms with E-state index in [0.29, 0.717) is 4.90 Å². The van der Waals surface area contributed by atoms with E-state index < -0.39 is 5.97 Å². The summed E-state index contributed by atoms with van der Waals surface area (Å²) in [6, 6.07) is 5.60. The molecule has 0 atom stereocenters. The van der Waals surface area contributed by atoms with Gasteiger partial charge in [0.25, 0.3) is 0 Å². The zero-order valence-electron chi connectivity index (χ0n) is 10.0. The molecule has 5 heteroatoms. The summed E-state index contributed by atoms with van der Waals surface area (Å²) >= 11 is 1.34. The van der Waals surface area contributed by atoms with E-state index in [0.717, 1.165) is 16.3 Å². The van der Waals surface area contributed by atoms with Crippen molar-refractivity contribution in [2.75, 3.05) is 0 Å². The molecule has 92 valence electrons. The van der Waals surface area contributed by atoms with E-state index in [2.05, 4.69) is 9.97 Å². The van der Waals surface area contributed by atoms with Crippen molar-refractivity contribution in [1.82, 2.24) is 9.97 Å². The van der Waals surface area contributed by atoms with Gasteiger partial charge in [0.1, 0.15) is 5.03 Å². The fraction of sp³-hybridized carbons (Fsp3) is 0.154. The first-order valence-electron chi connectivity index (χ1n) is 5.36. The molecule has 0 bridgehead atoms. The van der Waals surface area contributed by atoms with Gasteiger partial charge in [-0.15, -0.1) is 0 Å². The predicted octanol–water partition coefficient (Wildman–Crippen LogP) is 2.94. The molecule has 0 fully saturated rings. The van der Waals surface area contributed by atoms with Crippen molar-refractivity contribution in [1.29, 1.82) is 0 Å². The number of nitrogens with zero attached hydrogens (tertiary/aromatic N) is 2. The Balaban J connectivity index is 2.37. The molecule has 2 rings (SSSR count). The van der Waals surface area contributed by atoms with Gasteiger partial charge >= 0.3 is 5.97 Å². The van der Waals surface area contributed by atoms with Gasteiger partial charge in [0.2, 0.25) is 0 Å². The number of aromatic carboxylic acids is 1. The average molecular weight is 260 g/mol. The summed E-state index contributed by atoms with van der Waals surface area (Å²) in [5.74, 6) is -0.977. The smallest absolute Gasteiger partial charge is 0.338 e. The van der Waals surface area contributed by atoms with Gasteiger partial charge in [-0.3, -0.25) is 4.98 Å². The third kappa shape index (κ3) is 2.87. The SMILES string of the molecule is Cc1cc(C)nc(Sc2ccncc2C(=O)O)c1. The number of carboxylic acid groups (broad SMARTS) is 1. The average Bonchev–Trinajstić information content (AvgIpc) is 2.27. The van der Waals surface area contributed by atoms with Crippen LogP contribution in [-0.2, 0) is 0 Å². The van der Waals surface area contributed by atoms with E-state index in [-0.39, 0.29) is 5.56 Å². The van der Waals surface area contributed by atoms with Gasteiger partial charge in [0.15, 0.2) is 0 Å². The number of aromatic nitrogens is 2. The van der Waals surface area contributed by atoms with Crippen molar-refractivity contribution < 1.29 is 9.90 Å². The van der Waals surface area contributed by atoms with Crippen LogP contribution in [0, 0.1) is 13.8 Å². The Labute approximate surface area is 109 Å². The lowest BCUT2D eigenvalue weighted by molar-refractivity contribution is 0.0692. The van der Waals surface area contributed by atoms with Gasteiger partial charge in [-0.25, -0.2) is 9.78 Å². The normalized spacial score (nSPS) is 10.3. The van der Waals surface area contributed by atoms with Gasteiger partial charge in [-0.1, -0.05) is 11.8 Å². The predicted molar refractivity (Wildman–Crippen MR) is 69.0 cm³/mol. The molecule has 0 radical (unpaired) electrons. The molecule has 0 saturated heterocycles. The quantitative estimate of drug-likeness (QED) is 0.919. The maximum atomic E-state index is 11.1. The molecule has 2 aromatic rings. The maximum absolute atomic E-state index is 11.1. The maximum Gasteiger partial charge on any atom is 0.338 e. The number of carboxylic acids is 1. The summed E-state index contributed by atoms with van der Waals surface area (Å²) in [4.78, 5) is 19.9. The summed E-state index contributed by atoms with van der Waals surface area (Å²) in [6.07, 6.45) is 2.94. The molecule has 0 amide bonds. The molecule has 0 aliphatic carbocycles. The highest BCUT2D eigenvalue weighted by atomic mass is 32.2. The number of hydrogen-bond acceptors (Lipinski definition) is 4. The largest absolute Gasteiger partial charge is 0.478 e. The molecule has 0 aliphatic heterocycles. The zero-order chi connectivity index (χ0) is 13.1. The third-order valence-electron chi connectivity index (χ3n) is 2.30. The molecule has 2 aromatic heterocycles. The lowest BCUT2D eigenvalue weighted by Crippen LogP contribution is -1.99. The van der Waals surface area contributed by atoms with Crippen molar-refractivity contribution in [3.63, 3.8) is 0 Å². The number of hydrogen-bond donors (Lipinski definition) is 1. The fourth-order valence-corrected chi connectivity index (χ4v) is 2.64. The molecular formula is C13H12N2O2S. The molecule has 1 N–H and O–H groups in total. The Bertz CT molecular complexity index is 579. The number of rotatable bonds is 3. The lowest BCUT2D eigenvalue weighted by Gasteiger charge is -2.06. The molecule has 0 aliphatic rings. The highest BCUT2D eigenvalue weighted by Gasteiger charge is 2.11. The summed E-state index contributed by atoms with van der Waals surface area (Å²) < 4.78 is 0. The van der Waals surface area contributed by atoms with E-state index in [9.17, 15) is 4.79 Å². The van der Waals surface area contributed by atoms with Crippen LogP contribution in [0.2, 0.25) is 0 Å². The van der Waals surface area contributed by atoms with Crippen LogP contribution < -0.4 is 0 Å². The molecular weight excluding hydrogens is 248 g/mol. The topological polar surface area (TPSA) is 63.1 Å². The van der Waals surface area contributed by atoms with Crippen molar-refractivity contribution in [3.05, 3.63) is 47.4 Å². The number of pyridine rings is 2. The molecule has 0 spiro atoms. The summed E-state index contributed by atoms with van der Waals surface area (Å²) in [7, 11) is 0. The van der Waals surface area contributed by atoms with Crippen molar-refractivity contribution in [3.8, 4) is 0 Å². The Hall–Kier alpha value is -1.88. The van der Waals surface area contributed by atoms with Crippen molar-refractivity contribution in [2.24, 2.45) is 0 Å². The van der Waals surface area contributed by atoms with Gasteiger partial charge in [0.05, 0.1) is 5.56 Å². The minimum atomic E-state index is -0.977. The second kappa shape index (κ2) is 5.18. The number of carbonyl (C=O) groups is 1. The molecule has 0 unspecified atom stereocenters. The third-order valence-corrected chi connectivity index (χ3v) is 3.29. The van der Waals surface area contributed by atoms with Crippen molar-refractivity contribution >= 4 is 17.7 Å². The second-order valence-electron chi connectivity index (χ2n) is 3.90. The Morgan fingerprint density at radius 2 is 2.11 bits per heavy atom. The first-order valence-corrected chi connectivity index (χ1v) is 6.18. The zero-order valence-corrected chi connectivity index (χ0v) is 10.9. The minimum Gasteiger partial charge on any atom is -0.478 e. The first kappa shape index (κ1) is 12.6. The van der Waals surface area contributed by atoms with Gasteiger partial charge in [-0.05, 0) is 37.6 Å². The second-order valence-corrected chi connectivity index (χ2v) is 4.97. The van der Waals surface area contributed by atoms with Crippen LogP contribution in [-0.4, -0.2) is 21.0 Å². The van der Waals surface area contributed by atoms with E-state index in [1.54, 1.807) is 12.3 Å². The lowest BCUT2D eigenvalue weighted by atomic mass is 10.3. The molecule has 18 heavy (non-hydrogen) atoms. The van der Waals surface area contributed by atoms with E-state index in [4.69, 9.17) is 5.11 Å². The van der Waals surface area contributed by atoms with Crippen LogP contribution in [0.25, 0.3) is 0 Å². The van der Waals surface area contributed by atoms with Crippen LogP contribution >= 0.6 is 11.8 Å². The Morgan fingerprint density at radius 1 is 1.33 bits per heavy atom. The molecule has 0 saturated carbocycles. The van der Waals surface area contributed by atoms with E-state index >= 15 is 0 Å². The summed E-state index contributed by atoms with van der Waals surface area (Å²) in [6.45, 7) is 3.91. The standard InChI is InChI=1S/C13H12N2O2S/c1-8-5-9(2)15-12(6-8)18-11-3-4-14-7-10(11)13(16)17/h3-7H,1-2H3,(H,16,17). The van der Waals surface area contributed by atoms with E-state index in [1.165, 1.54) is 18.0 Å². The van der Waals surface area contributed by atoms with Crippen LogP contribution in [0.5, 0.6) is 0 Å². The molecule has 4 nitrogen and oxygen atoms in total. The highest BCUT2D eigenvalue weighted by molar-refractivity contribution is 7.99. The van der Waals surface area contributed by atoms with Crippen LogP contribution in [0.15, 0.2) is 40.5 Å². The van der Waals surface area contributed by atoms with Gasteiger partial charge in [-0.2, -0.15) is 0 Å².